The Balaban J connectivity index is 1.69. The lowest BCUT2D eigenvalue weighted by Crippen LogP contribution is -2.60. The second kappa shape index (κ2) is 8.68. The molecule has 2 aliphatic heterocycles. The van der Waals surface area contributed by atoms with Crippen molar-refractivity contribution in [3.63, 3.8) is 0 Å². The zero-order valence-corrected chi connectivity index (χ0v) is 22.1. The van der Waals surface area contributed by atoms with Crippen LogP contribution < -0.4 is 10.0 Å². The van der Waals surface area contributed by atoms with E-state index in [1.807, 2.05) is 6.92 Å². The van der Waals surface area contributed by atoms with E-state index < -0.39 is 37.3 Å². The Bertz CT molecular complexity index is 1260. The largest absolute Gasteiger partial charge is 0.338 e. The molecule has 1 saturated carbocycles. The lowest BCUT2D eigenvalue weighted by atomic mass is 9.71. The monoisotopic (exact) mass is 530 g/mol. The van der Waals surface area contributed by atoms with Gasteiger partial charge in [-0.25, -0.2) is 13.1 Å². The number of hydrogen-bond donors (Lipinski definition) is 2. The van der Waals surface area contributed by atoms with Gasteiger partial charge in [-0.05, 0) is 37.0 Å². The molecular formula is C21H30N4O6S3. The van der Waals surface area contributed by atoms with Crippen molar-refractivity contribution in [2.24, 2.45) is 21.6 Å². The van der Waals surface area contributed by atoms with Gasteiger partial charge in [0.1, 0.15) is 15.7 Å². The van der Waals surface area contributed by atoms with Gasteiger partial charge in [-0.15, -0.1) is 15.7 Å². The first-order chi connectivity index (χ1) is 15.7. The highest BCUT2D eigenvalue weighted by Crippen LogP contribution is 2.43. The molecule has 0 aromatic carbocycles. The van der Waals surface area contributed by atoms with Crippen LogP contribution in [0.15, 0.2) is 14.7 Å². The van der Waals surface area contributed by atoms with E-state index in [1.165, 1.54) is 5.38 Å². The van der Waals surface area contributed by atoms with Crippen LogP contribution in [0.2, 0.25) is 0 Å². The number of nitrogens with one attached hydrogen (secondary N) is 2. The minimum atomic E-state index is -4.25. The van der Waals surface area contributed by atoms with Crippen LogP contribution in [0.3, 0.4) is 0 Å². The van der Waals surface area contributed by atoms with Crippen LogP contribution in [0.4, 0.5) is 5.00 Å². The number of carbonyl (C=O) groups excluding carboxylic acids is 2. The van der Waals surface area contributed by atoms with Crippen molar-refractivity contribution >= 4 is 53.9 Å². The SMILES string of the molecule is CC(C)CCC1(C)CN(C2CC2)C(=O)C(C2=NS(=O)(=O)c3c(CNS(C)(=O)=O)csc3N2)C1=O. The van der Waals surface area contributed by atoms with Gasteiger partial charge in [-0.2, -0.15) is 8.42 Å². The van der Waals surface area contributed by atoms with Gasteiger partial charge >= 0.3 is 0 Å². The number of nitrogens with zero attached hydrogens (tertiary/aromatic N) is 2. The first-order valence-electron chi connectivity index (χ1n) is 11.2. The predicted molar refractivity (Wildman–Crippen MR) is 130 cm³/mol. The van der Waals surface area contributed by atoms with E-state index in [1.54, 1.807) is 4.90 Å². The Morgan fingerprint density at radius 2 is 2.00 bits per heavy atom. The van der Waals surface area contributed by atoms with Gasteiger partial charge < -0.3 is 10.2 Å². The van der Waals surface area contributed by atoms with Crippen molar-refractivity contribution in [2.75, 3.05) is 18.1 Å². The maximum atomic E-state index is 13.7. The Kier molecular flexibility index (Phi) is 6.45. The molecule has 1 aromatic rings. The van der Waals surface area contributed by atoms with Gasteiger partial charge in [0.15, 0.2) is 11.7 Å². The molecule has 1 aromatic heterocycles. The normalized spacial score (nSPS) is 26.9. The molecule has 3 aliphatic rings. The molecule has 1 amide bonds. The number of amides is 1. The maximum absolute atomic E-state index is 13.7. The number of Topliss-reactive ketones (excluding diaryl/α,β-unsaturated/α-hetero) is 1. The van der Waals surface area contributed by atoms with Gasteiger partial charge in [-0.3, -0.25) is 9.59 Å². The summed E-state index contributed by atoms with van der Waals surface area (Å²) in [7, 11) is -7.78. The van der Waals surface area contributed by atoms with Crippen LogP contribution in [0, 0.1) is 17.3 Å². The number of anilines is 1. The van der Waals surface area contributed by atoms with Gasteiger partial charge in [0, 0.05) is 30.1 Å². The van der Waals surface area contributed by atoms with E-state index in [0.29, 0.717) is 18.9 Å². The smallest absolute Gasteiger partial charge is 0.287 e. The molecule has 0 bridgehead atoms. The average molecular weight is 531 g/mol. The lowest BCUT2D eigenvalue weighted by molar-refractivity contribution is -0.152. The van der Waals surface area contributed by atoms with E-state index in [2.05, 4.69) is 28.3 Å². The summed E-state index contributed by atoms with van der Waals surface area (Å²) in [5, 5.41) is 4.68. The highest BCUT2D eigenvalue weighted by Gasteiger charge is 2.54. The lowest BCUT2D eigenvalue weighted by Gasteiger charge is -2.43. The third-order valence-electron chi connectivity index (χ3n) is 6.50. The first-order valence-corrected chi connectivity index (χ1v) is 15.4. The first kappa shape index (κ1) is 25.3. The third kappa shape index (κ3) is 4.93. The Labute approximate surface area is 204 Å². The van der Waals surface area contributed by atoms with Crippen molar-refractivity contribution < 1.29 is 26.4 Å². The number of amidine groups is 1. The number of sulfonamides is 2. The molecule has 188 valence electrons. The molecule has 4 rings (SSSR count). The fraction of sp³-hybridized carbons (Fsp3) is 0.667. The Hall–Kier alpha value is -1.83. The molecule has 2 atom stereocenters. The molecule has 2 N–H and O–H groups in total. The van der Waals surface area contributed by atoms with Gasteiger partial charge in [-0.1, -0.05) is 20.8 Å². The Morgan fingerprint density at radius 1 is 1.32 bits per heavy atom. The number of fused-ring (bicyclic) bond motifs is 1. The molecule has 2 unspecified atom stereocenters. The molecule has 1 saturated heterocycles. The summed E-state index contributed by atoms with van der Waals surface area (Å²) < 4.78 is 55.3. The van der Waals surface area contributed by atoms with Crippen molar-refractivity contribution in [3.05, 3.63) is 10.9 Å². The minimum absolute atomic E-state index is 0.0771. The van der Waals surface area contributed by atoms with Crippen LogP contribution in [0.25, 0.3) is 0 Å². The van der Waals surface area contributed by atoms with Crippen LogP contribution in [0.1, 0.15) is 52.0 Å². The number of hydrogen-bond acceptors (Lipinski definition) is 8. The highest BCUT2D eigenvalue weighted by molar-refractivity contribution is 7.91. The zero-order valence-electron chi connectivity index (χ0n) is 19.6. The summed E-state index contributed by atoms with van der Waals surface area (Å²) in [6, 6.07) is 0.0771. The topological polar surface area (TPSA) is 142 Å². The fourth-order valence-corrected chi connectivity index (χ4v) is 7.49. The van der Waals surface area contributed by atoms with Crippen LogP contribution in [-0.4, -0.2) is 58.1 Å². The van der Waals surface area contributed by atoms with Gasteiger partial charge in [0.25, 0.3) is 10.0 Å². The number of carbonyl (C=O) groups is 2. The van der Waals surface area contributed by atoms with Crippen molar-refractivity contribution in [1.82, 2.24) is 9.62 Å². The minimum Gasteiger partial charge on any atom is -0.338 e. The zero-order chi connectivity index (χ0) is 25.1. The quantitative estimate of drug-likeness (QED) is 0.489. The average Bonchev–Trinajstić information content (AvgIpc) is 3.46. The number of ketones is 1. The Morgan fingerprint density at radius 3 is 2.59 bits per heavy atom. The van der Waals surface area contributed by atoms with Crippen molar-refractivity contribution in [3.8, 4) is 0 Å². The second-order valence-corrected chi connectivity index (χ2v) is 14.3. The summed E-state index contributed by atoms with van der Waals surface area (Å²) in [6.07, 6.45) is 4.14. The second-order valence-electron chi connectivity index (χ2n) is 10.1. The molecule has 3 heterocycles. The summed E-state index contributed by atoms with van der Waals surface area (Å²) in [6.45, 7) is 6.14. The number of likely N-dealkylation sites (tertiary alicyclic amines) is 1. The van der Waals surface area contributed by atoms with Crippen molar-refractivity contribution in [2.45, 2.75) is 63.9 Å². The highest BCUT2D eigenvalue weighted by atomic mass is 32.2. The predicted octanol–water partition coefficient (Wildman–Crippen LogP) is 1.94. The molecule has 34 heavy (non-hydrogen) atoms. The summed E-state index contributed by atoms with van der Waals surface area (Å²) in [5.41, 5.74) is -0.539. The number of rotatable bonds is 8. The van der Waals surface area contributed by atoms with Crippen LogP contribution >= 0.6 is 11.3 Å². The molecule has 13 heteroatoms. The van der Waals surface area contributed by atoms with E-state index in [9.17, 15) is 26.4 Å². The van der Waals surface area contributed by atoms with E-state index in [-0.39, 0.29) is 39.7 Å². The maximum Gasteiger partial charge on any atom is 0.287 e. The molecule has 1 aliphatic carbocycles. The molecule has 0 radical (unpaired) electrons. The van der Waals surface area contributed by atoms with Gasteiger partial charge in [0.2, 0.25) is 15.9 Å². The van der Waals surface area contributed by atoms with Gasteiger partial charge in [0.05, 0.1) is 6.26 Å². The molecule has 10 nitrogen and oxygen atoms in total. The van der Waals surface area contributed by atoms with E-state index in [4.69, 9.17) is 0 Å². The fourth-order valence-electron chi connectivity index (χ4n) is 4.43. The van der Waals surface area contributed by atoms with E-state index in [0.717, 1.165) is 36.9 Å². The summed E-state index contributed by atoms with van der Waals surface area (Å²) >= 11 is 1.07. The number of piperidine rings is 1. The molecule has 2 fully saturated rings. The molecular weight excluding hydrogens is 500 g/mol. The summed E-state index contributed by atoms with van der Waals surface area (Å²) in [4.78, 5) is 28.7. The van der Waals surface area contributed by atoms with Crippen molar-refractivity contribution in [1.29, 1.82) is 0 Å². The van der Waals surface area contributed by atoms with Crippen LogP contribution in [-0.2, 0) is 36.2 Å². The number of thiophene rings is 1. The summed E-state index contributed by atoms with van der Waals surface area (Å²) in [5.74, 6) is -1.82. The third-order valence-corrected chi connectivity index (χ3v) is 9.66. The standard InChI is InChI=1S/C21H30N4O6S3/c1-12(2)7-8-21(3)11-25(14-5-6-14)20(27)15(17(21)26)18-23-19-16(34(30,31)24-18)13(10-32-19)9-22-33(4,28)29/h10,12,14-15,22H,5-9,11H2,1-4H3,(H,23,24). The van der Waals surface area contributed by atoms with Crippen LogP contribution in [0.5, 0.6) is 0 Å². The van der Waals surface area contributed by atoms with E-state index >= 15 is 0 Å². The molecule has 0 spiro atoms.